The van der Waals surface area contributed by atoms with E-state index in [0.717, 1.165) is 63.7 Å². The third kappa shape index (κ3) is 41.6. The number of hydrogen-bond donors (Lipinski definition) is 0. The molecule has 0 spiro atoms. The highest BCUT2D eigenvalue weighted by Crippen LogP contribution is 2.16. The summed E-state index contributed by atoms with van der Waals surface area (Å²) in [5.74, 6) is -0.0225. The molecule has 0 unspecified atom stereocenters. The van der Waals surface area contributed by atoms with E-state index in [9.17, 15) is 14.4 Å². The Kier molecular flexibility index (Phi) is 41.3. The van der Waals surface area contributed by atoms with Crippen molar-refractivity contribution in [3.63, 3.8) is 0 Å². The molecule has 0 radical (unpaired) electrons. The zero-order valence-electron chi connectivity index (χ0n) is 36.7. The number of unbranched alkanes of at least 4 members (excludes halogenated alkanes) is 30. The Morgan fingerprint density at radius 1 is 0.352 bits per heavy atom. The standard InChI is InChI=1S/C48H92O6/c1-5-7-9-11-13-14-15-16-17-22-25-29-33-37-41-48(51)54-45(42-52-46(49)39-35-31-26-12-10-8-6-2)43-53-47(50)40-36-32-28-24-21-19-18-20-23-27-30-34-38-44(3)4/h44-45H,5-43H2,1-4H3/t45-/m0/s1. The Labute approximate surface area is 336 Å². The fraction of sp³-hybridized carbons (Fsp3) is 0.938. The second-order valence-corrected chi connectivity index (χ2v) is 16.9. The van der Waals surface area contributed by atoms with E-state index in [4.69, 9.17) is 14.2 Å². The molecular weight excluding hydrogens is 673 g/mol. The Morgan fingerprint density at radius 2 is 0.611 bits per heavy atom. The number of hydrogen-bond acceptors (Lipinski definition) is 6. The van der Waals surface area contributed by atoms with E-state index in [-0.39, 0.29) is 31.1 Å². The Balaban J connectivity index is 4.24. The van der Waals surface area contributed by atoms with Crippen molar-refractivity contribution in [3.05, 3.63) is 0 Å². The Morgan fingerprint density at radius 3 is 0.907 bits per heavy atom. The monoisotopic (exact) mass is 765 g/mol. The molecule has 0 aliphatic heterocycles. The molecule has 0 aliphatic carbocycles. The average molecular weight is 765 g/mol. The van der Waals surface area contributed by atoms with Gasteiger partial charge in [-0.1, -0.05) is 227 Å². The third-order valence-electron chi connectivity index (χ3n) is 10.8. The Bertz CT molecular complexity index is 811. The smallest absolute Gasteiger partial charge is 0.306 e. The van der Waals surface area contributed by atoms with Crippen molar-refractivity contribution in [1.82, 2.24) is 0 Å². The van der Waals surface area contributed by atoms with Crippen LogP contribution in [0, 0.1) is 5.92 Å². The predicted octanol–water partition coefficient (Wildman–Crippen LogP) is 15.1. The average Bonchev–Trinajstić information content (AvgIpc) is 3.15. The third-order valence-corrected chi connectivity index (χ3v) is 10.8. The van der Waals surface area contributed by atoms with Crippen molar-refractivity contribution in [3.8, 4) is 0 Å². The summed E-state index contributed by atoms with van der Waals surface area (Å²) < 4.78 is 16.7. The zero-order valence-corrected chi connectivity index (χ0v) is 36.7. The lowest BCUT2D eigenvalue weighted by atomic mass is 10.0. The van der Waals surface area contributed by atoms with Gasteiger partial charge in [-0.15, -0.1) is 0 Å². The molecule has 0 aliphatic rings. The van der Waals surface area contributed by atoms with Crippen LogP contribution in [0.25, 0.3) is 0 Å². The van der Waals surface area contributed by atoms with Crippen LogP contribution in [0.4, 0.5) is 0 Å². The summed E-state index contributed by atoms with van der Waals surface area (Å²) >= 11 is 0. The van der Waals surface area contributed by atoms with Gasteiger partial charge in [-0.25, -0.2) is 0 Å². The fourth-order valence-corrected chi connectivity index (χ4v) is 7.16. The normalized spacial score (nSPS) is 11.9. The first-order valence-electron chi connectivity index (χ1n) is 23.9. The van der Waals surface area contributed by atoms with Gasteiger partial charge in [0, 0.05) is 19.3 Å². The highest BCUT2D eigenvalue weighted by atomic mass is 16.6. The van der Waals surface area contributed by atoms with Crippen molar-refractivity contribution in [2.45, 2.75) is 271 Å². The van der Waals surface area contributed by atoms with E-state index in [2.05, 4.69) is 27.7 Å². The van der Waals surface area contributed by atoms with Gasteiger partial charge in [0.2, 0.25) is 0 Å². The maximum atomic E-state index is 12.7. The molecule has 0 aromatic carbocycles. The van der Waals surface area contributed by atoms with Crippen molar-refractivity contribution < 1.29 is 28.6 Å². The van der Waals surface area contributed by atoms with Gasteiger partial charge in [0.05, 0.1) is 0 Å². The summed E-state index contributed by atoms with van der Waals surface area (Å²) in [7, 11) is 0. The molecule has 1 atom stereocenters. The van der Waals surface area contributed by atoms with Crippen LogP contribution in [0.2, 0.25) is 0 Å². The van der Waals surface area contributed by atoms with E-state index < -0.39 is 6.10 Å². The molecular formula is C48H92O6. The van der Waals surface area contributed by atoms with Crippen molar-refractivity contribution in [2.75, 3.05) is 13.2 Å². The zero-order chi connectivity index (χ0) is 39.6. The molecule has 0 saturated heterocycles. The molecule has 54 heavy (non-hydrogen) atoms. The van der Waals surface area contributed by atoms with Crippen LogP contribution in [0.3, 0.4) is 0 Å². The van der Waals surface area contributed by atoms with E-state index in [0.29, 0.717) is 19.3 Å². The van der Waals surface area contributed by atoms with Gasteiger partial charge in [-0.3, -0.25) is 14.4 Å². The summed E-state index contributed by atoms with van der Waals surface area (Å²) in [5, 5.41) is 0. The molecule has 0 N–H and O–H groups in total. The van der Waals surface area contributed by atoms with Gasteiger partial charge >= 0.3 is 17.9 Å². The SMILES string of the molecule is CCCCCCCCCCCCCCCCC(=O)O[C@@H](COC(=O)CCCCCCCCC)COC(=O)CCCCCCCCCCCCCCC(C)C. The molecule has 320 valence electrons. The predicted molar refractivity (Wildman–Crippen MR) is 229 cm³/mol. The van der Waals surface area contributed by atoms with Crippen molar-refractivity contribution >= 4 is 17.9 Å². The molecule has 0 heterocycles. The maximum Gasteiger partial charge on any atom is 0.306 e. The highest BCUT2D eigenvalue weighted by Gasteiger charge is 2.19. The lowest BCUT2D eigenvalue weighted by molar-refractivity contribution is -0.167. The van der Waals surface area contributed by atoms with E-state index >= 15 is 0 Å². The fourth-order valence-electron chi connectivity index (χ4n) is 7.16. The number of esters is 3. The maximum absolute atomic E-state index is 12.7. The highest BCUT2D eigenvalue weighted by molar-refractivity contribution is 5.71. The molecule has 6 heteroatoms. The largest absolute Gasteiger partial charge is 0.462 e. The summed E-state index contributed by atoms with van der Waals surface area (Å²) in [5.41, 5.74) is 0. The van der Waals surface area contributed by atoms with Crippen LogP contribution in [0.15, 0.2) is 0 Å². The molecule has 0 aromatic heterocycles. The molecule has 0 fully saturated rings. The first-order chi connectivity index (χ1) is 26.4. The number of carbonyl (C=O) groups is 3. The van der Waals surface area contributed by atoms with Gasteiger partial charge in [0.15, 0.2) is 6.10 Å². The first-order valence-corrected chi connectivity index (χ1v) is 23.9. The molecule has 0 amide bonds. The van der Waals surface area contributed by atoms with Crippen LogP contribution in [0.1, 0.15) is 265 Å². The minimum atomic E-state index is -0.758. The summed E-state index contributed by atoms with van der Waals surface area (Å²) in [6.07, 6.45) is 42.4. The summed E-state index contributed by atoms with van der Waals surface area (Å²) in [6.45, 7) is 8.97. The number of carbonyl (C=O) groups excluding carboxylic acids is 3. The topological polar surface area (TPSA) is 78.9 Å². The van der Waals surface area contributed by atoms with Gasteiger partial charge in [-0.2, -0.15) is 0 Å². The second kappa shape index (κ2) is 42.6. The van der Waals surface area contributed by atoms with Gasteiger partial charge in [0.1, 0.15) is 13.2 Å². The van der Waals surface area contributed by atoms with Gasteiger partial charge in [-0.05, 0) is 25.2 Å². The number of rotatable bonds is 43. The minimum Gasteiger partial charge on any atom is -0.462 e. The van der Waals surface area contributed by atoms with Crippen LogP contribution >= 0.6 is 0 Å². The minimum absolute atomic E-state index is 0.0637. The van der Waals surface area contributed by atoms with E-state index in [1.807, 2.05) is 0 Å². The van der Waals surface area contributed by atoms with Crippen LogP contribution in [-0.2, 0) is 28.6 Å². The molecule has 0 bridgehead atoms. The molecule has 6 nitrogen and oxygen atoms in total. The van der Waals surface area contributed by atoms with Gasteiger partial charge in [0.25, 0.3) is 0 Å². The van der Waals surface area contributed by atoms with Crippen LogP contribution < -0.4 is 0 Å². The summed E-state index contributed by atoms with van der Waals surface area (Å²) in [4.78, 5) is 37.7. The van der Waals surface area contributed by atoms with Crippen molar-refractivity contribution in [1.29, 1.82) is 0 Å². The first kappa shape index (κ1) is 52.4. The summed E-state index contributed by atoms with van der Waals surface area (Å²) in [6, 6.07) is 0. The van der Waals surface area contributed by atoms with Gasteiger partial charge < -0.3 is 14.2 Å². The van der Waals surface area contributed by atoms with E-state index in [1.54, 1.807) is 0 Å². The second-order valence-electron chi connectivity index (χ2n) is 16.9. The van der Waals surface area contributed by atoms with Crippen LogP contribution in [0.5, 0.6) is 0 Å². The quantitative estimate of drug-likeness (QED) is 0.0349. The van der Waals surface area contributed by atoms with Crippen LogP contribution in [-0.4, -0.2) is 37.2 Å². The van der Waals surface area contributed by atoms with E-state index in [1.165, 1.54) is 161 Å². The van der Waals surface area contributed by atoms with Crippen molar-refractivity contribution in [2.24, 2.45) is 5.92 Å². The lowest BCUT2D eigenvalue weighted by Crippen LogP contribution is -2.30. The molecule has 0 saturated carbocycles. The lowest BCUT2D eigenvalue weighted by Gasteiger charge is -2.18. The number of ether oxygens (including phenoxy) is 3. The molecule has 0 aromatic rings. The Hall–Kier alpha value is -1.59. The molecule has 0 rings (SSSR count).